The molecule has 0 aromatic rings. The fraction of sp³-hybridized carbons (Fsp3) is 0.500. The summed E-state index contributed by atoms with van der Waals surface area (Å²) < 4.78 is 0. The van der Waals surface area contributed by atoms with Crippen molar-refractivity contribution in [1.29, 1.82) is 0 Å². The monoisotopic (exact) mass is 140 g/mol. The van der Waals surface area contributed by atoms with Crippen molar-refractivity contribution in [2.45, 2.75) is 24.9 Å². The van der Waals surface area contributed by atoms with Gasteiger partial charge in [-0.15, -0.1) is 9.24 Å². The van der Waals surface area contributed by atoms with Gasteiger partial charge < -0.3 is 0 Å². The van der Waals surface area contributed by atoms with Crippen LogP contribution in [0.5, 0.6) is 0 Å². The summed E-state index contributed by atoms with van der Waals surface area (Å²) >= 11 is 0. The summed E-state index contributed by atoms with van der Waals surface area (Å²) in [5.74, 6) is 0. The van der Waals surface area contributed by atoms with E-state index in [2.05, 4.69) is 22.4 Å². The fourth-order valence-electron chi connectivity index (χ4n) is 1.14. The molecular weight excluding hydrogens is 127 g/mol. The van der Waals surface area contributed by atoms with E-state index in [1.807, 2.05) is 0 Å². The number of hydrogen-bond donors (Lipinski definition) is 0. The Balaban J connectivity index is 2.62. The minimum Gasteiger partial charge on any atom is -0.126 e. The van der Waals surface area contributed by atoms with E-state index in [0.29, 0.717) is 5.66 Å². The molecule has 1 saturated carbocycles. The first kappa shape index (κ1) is 7.02. The van der Waals surface area contributed by atoms with Crippen molar-refractivity contribution in [3.8, 4) is 0 Å². The first-order valence-corrected chi connectivity index (χ1v) is 3.99. The second kappa shape index (κ2) is 2.66. The standard InChI is InChI=1S/C8H13P/c1-6-4-3-5-7(2)8(6)9/h8H,1-5,9H2. The van der Waals surface area contributed by atoms with E-state index in [1.54, 1.807) is 0 Å². The first-order valence-electron chi connectivity index (χ1n) is 3.32. The Hall–Kier alpha value is -0.0900. The van der Waals surface area contributed by atoms with Gasteiger partial charge in [-0.2, -0.15) is 0 Å². The van der Waals surface area contributed by atoms with Gasteiger partial charge in [0.25, 0.3) is 0 Å². The van der Waals surface area contributed by atoms with Crippen molar-refractivity contribution < 1.29 is 0 Å². The molecule has 9 heavy (non-hydrogen) atoms. The molecule has 1 heteroatoms. The lowest BCUT2D eigenvalue weighted by molar-refractivity contribution is 0.725. The van der Waals surface area contributed by atoms with Crippen molar-refractivity contribution in [3.05, 3.63) is 24.3 Å². The third kappa shape index (κ3) is 1.43. The Kier molecular flexibility index (Phi) is 2.08. The fourth-order valence-corrected chi connectivity index (χ4v) is 1.48. The Morgan fingerprint density at radius 2 is 1.67 bits per heavy atom. The molecule has 1 fully saturated rings. The quantitative estimate of drug-likeness (QED) is 0.358. The van der Waals surface area contributed by atoms with Crippen LogP contribution in [0.3, 0.4) is 0 Å². The van der Waals surface area contributed by atoms with Crippen LogP contribution in [-0.2, 0) is 0 Å². The highest BCUT2D eigenvalue weighted by atomic mass is 31.0. The molecule has 1 atom stereocenters. The second-order valence-corrected chi connectivity index (χ2v) is 3.31. The minimum absolute atomic E-state index is 0.499. The lowest BCUT2D eigenvalue weighted by atomic mass is 9.92. The highest BCUT2D eigenvalue weighted by molar-refractivity contribution is 7.18. The van der Waals surface area contributed by atoms with Gasteiger partial charge >= 0.3 is 0 Å². The van der Waals surface area contributed by atoms with Crippen LogP contribution in [0.4, 0.5) is 0 Å². The zero-order valence-corrected chi connectivity index (χ0v) is 6.84. The summed E-state index contributed by atoms with van der Waals surface area (Å²) in [5.41, 5.74) is 3.16. The Labute approximate surface area is 59.2 Å². The average molecular weight is 140 g/mol. The van der Waals surface area contributed by atoms with Gasteiger partial charge in [0.05, 0.1) is 0 Å². The van der Waals surface area contributed by atoms with Crippen molar-refractivity contribution >= 4 is 9.24 Å². The molecule has 0 radical (unpaired) electrons. The lowest BCUT2D eigenvalue weighted by Crippen LogP contribution is -2.10. The van der Waals surface area contributed by atoms with Crippen LogP contribution >= 0.6 is 9.24 Å². The van der Waals surface area contributed by atoms with Gasteiger partial charge in [-0.3, -0.25) is 0 Å². The lowest BCUT2D eigenvalue weighted by Gasteiger charge is -2.22. The SMILES string of the molecule is C=C1CCCC(=C)C1P. The van der Waals surface area contributed by atoms with Crippen molar-refractivity contribution in [2.75, 3.05) is 0 Å². The van der Waals surface area contributed by atoms with E-state index < -0.39 is 0 Å². The normalized spacial score (nSPS) is 22.8. The molecule has 0 heterocycles. The zero-order chi connectivity index (χ0) is 6.85. The van der Waals surface area contributed by atoms with Crippen molar-refractivity contribution in [1.82, 2.24) is 0 Å². The van der Waals surface area contributed by atoms with Gasteiger partial charge in [0, 0.05) is 5.66 Å². The molecule has 0 spiro atoms. The molecule has 0 aromatic heterocycles. The minimum atomic E-state index is 0.499. The molecule has 0 N–H and O–H groups in total. The van der Waals surface area contributed by atoms with Crippen LogP contribution < -0.4 is 0 Å². The molecule has 0 bridgehead atoms. The highest BCUT2D eigenvalue weighted by Gasteiger charge is 2.14. The molecule has 1 aliphatic carbocycles. The van der Waals surface area contributed by atoms with Gasteiger partial charge in [0.15, 0.2) is 0 Å². The molecule has 1 unspecified atom stereocenters. The van der Waals surface area contributed by atoms with E-state index in [1.165, 1.54) is 30.4 Å². The Bertz CT molecular complexity index is 131. The summed E-state index contributed by atoms with van der Waals surface area (Å²) in [4.78, 5) is 0. The summed E-state index contributed by atoms with van der Waals surface area (Å²) in [6.45, 7) is 7.93. The summed E-state index contributed by atoms with van der Waals surface area (Å²) in [6, 6.07) is 0. The van der Waals surface area contributed by atoms with Gasteiger partial charge in [-0.1, -0.05) is 24.3 Å². The maximum absolute atomic E-state index is 3.96. The van der Waals surface area contributed by atoms with E-state index in [-0.39, 0.29) is 0 Å². The topological polar surface area (TPSA) is 0 Å². The summed E-state index contributed by atoms with van der Waals surface area (Å²) in [6.07, 6.45) is 3.63. The van der Waals surface area contributed by atoms with E-state index >= 15 is 0 Å². The smallest absolute Gasteiger partial charge is 0.0146 e. The predicted octanol–water partition coefficient (Wildman–Crippen LogP) is 2.53. The van der Waals surface area contributed by atoms with Crippen molar-refractivity contribution in [3.63, 3.8) is 0 Å². The molecule has 0 aliphatic heterocycles. The predicted molar refractivity (Wildman–Crippen MR) is 45.6 cm³/mol. The molecule has 0 saturated heterocycles. The second-order valence-electron chi connectivity index (χ2n) is 2.65. The van der Waals surface area contributed by atoms with Crippen LogP contribution in [-0.4, -0.2) is 5.66 Å². The molecule has 0 nitrogen and oxygen atoms in total. The third-order valence-corrected chi connectivity index (χ3v) is 2.82. The zero-order valence-electron chi connectivity index (χ0n) is 5.69. The number of allylic oxidation sites excluding steroid dienone is 2. The summed E-state index contributed by atoms with van der Waals surface area (Å²) in [5, 5.41) is 0. The maximum Gasteiger partial charge on any atom is 0.0146 e. The Morgan fingerprint density at radius 3 is 2.00 bits per heavy atom. The van der Waals surface area contributed by atoms with E-state index in [4.69, 9.17) is 0 Å². The molecular formula is C8H13P. The van der Waals surface area contributed by atoms with Crippen LogP contribution in [0, 0.1) is 0 Å². The molecule has 50 valence electrons. The van der Waals surface area contributed by atoms with Crippen LogP contribution in [0.15, 0.2) is 24.3 Å². The average Bonchev–Trinajstić information content (AvgIpc) is 1.83. The highest BCUT2D eigenvalue weighted by Crippen LogP contribution is 2.31. The van der Waals surface area contributed by atoms with Gasteiger partial charge in [0.2, 0.25) is 0 Å². The molecule has 1 aliphatic rings. The van der Waals surface area contributed by atoms with Crippen LogP contribution in [0.1, 0.15) is 19.3 Å². The summed E-state index contributed by atoms with van der Waals surface area (Å²) in [7, 11) is 2.79. The Morgan fingerprint density at radius 1 is 1.22 bits per heavy atom. The molecule has 0 amide bonds. The number of hydrogen-bond acceptors (Lipinski definition) is 0. The largest absolute Gasteiger partial charge is 0.126 e. The van der Waals surface area contributed by atoms with Gasteiger partial charge in [-0.05, 0) is 19.3 Å². The van der Waals surface area contributed by atoms with E-state index in [0.717, 1.165) is 0 Å². The number of rotatable bonds is 0. The van der Waals surface area contributed by atoms with Gasteiger partial charge in [-0.25, -0.2) is 0 Å². The third-order valence-electron chi connectivity index (χ3n) is 1.88. The maximum atomic E-state index is 3.96. The van der Waals surface area contributed by atoms with Crippen LogP contribution in [0.2, 0.25) is 0 Å². The van der Waals surface area contributed by atoms with E-state index in [9.17, 15) is 0 Å². The van der Waals surface area contributed by atoms with Crippen molar-refractivity contribution in [2.24, 2.45) is 0 Å². The first-order chi connectivity index (χ1) is 4.22. The van der Waals surface area contributed by atoms with Gasteiger partial charge in [0.1, 0.15) is 0 Å². The molecule has 1 rings (SSSR count). The van der Waals surface area contributed by atoms with Crippen LogP contribution in [0.25, 0.3) is 0 Å². The molecule has 0 aromatic carbocycles.